The van der Waals surface area contributed by atoms with Crippen molar-refractivity contribution in [1.29, 1.82) is 0 Å². The Balaban J connectivity index is 2.08. The summed E-state index contributed by atoms with van der Waals surface area (Å²) in [6, 6.07) is 11.2. The second kappa shape index (κ2) is 7.44. The Hall–Kier alpha value is -2.73. The number of pyridine rings is 1. The highest BCUT2D eigenvalue weighted by Crippen LogP contribution is 2.09. The molecule has 0 N–H and O–H groups in total. The Morgan fingerprint density at radius 1 is 1.12 bits per heavy atom. The molecule has 6 heteroatoms. The van der Waals surface area contributed by atoms with Gasteiger partial charge in [0.1, 0.15) is 5.65 Å². The number of fused-ring (bicyclic) bond motifs is 1. The van der Waals surface area contributed by atoms with Crippen molar-refractivity contribution in [3.05, 3.63) is 74.6 Å². The molecule has 0 aliphatic heterocycles. The van der Waals surface area contributed by atoms with E-state index in [4.69, 9.17) is 4.74 Å². The predicted octanol–water partition coefficient (Wildman–Crippen LogP) is 2.07. The number of aryl methyl sites for hydroxylation is 1. The van der Waals surface area contributed by atoms with Crippen molar-refractivity contribution in [2.24, 2.45) is 7.05 Å². The largest absolute Gasteiger partial charge is 0.377 e. The van der Waals surface area contributed by atoms with E-state index in [2.05, 4.69) is 4.98 Å². The number of aromatic nitrogens is 3. The predicted molar refractivity (Wildman–Crippen MR) is 96.7 cm³/mol. The van der Waals surface area contributed by atoms with E-state index in [0.717, 1.165) is 17.5 Å². The molecule has 0 spiro atoms. The lowest BCUT2D eigenvalue weighted by Gasteiger charge is -2.11. The van der Waals surface area contributed by atoms with Gasteiger partial charge in [-0.2, -0.15) is 0 Å². The van der Waals surface area contributed by atoms with Crippen LogP contribution in [-0.2, 0) is 24.9 Å². The molecule has 0 saturated carbocycles. The number of hydrogen-bond acceptors (Lipinski definition) is 4. The SMILES string of the molecule is CCCOCc1cnc2c(c1)c(=O)n(Cc1ccccc1)c(=O)n2C. The lowest BCUT2D eigenvalue weighted by Crippen LogP contribution is -2.39. The monoisotopic (exact) mass is 339 g/mol. The minimum absolute atomic E-state index is 0.235. The first-order chi connectivity index (χ1) is 12.1. The highest BCUT2D eigenvalue weighted by Gasteiger charge is 2.13. The molecule has 0 atom stereocenters. The van der Waals surface area contributed by atoms with E-state index in [-0.39, 0.29) is 17.8 Å². The van der Waals surface area contributed by atoms with Gasteiger partial charge in [-0.25, -0.2) is 9.78 Å². The fourth-order valence-electron chi connectivity index (χ4n) is 2.75. The quantitative estimate of drug-likeness (QED) is 0.645. The van der Waals surface area contributed by atoms with Gasteiger partial charge in [-0.05, 0) is 23.6 Å². The van der Waals surface area contributed by atoms with Crippen molar-refractivity contribution in [2.45, 2.75) is 26.5 Å². The van der Waals surface area contributed by atoms with E-state index in [9.17, 15) is 9.59 Å². The minimum atomic E-state index is -0.371. The summed E-state index contributed by atoms with van der Waals surface area (Å²) in [5.74, 6) is 0. The summed E-state index contributed by atoms with van der Waals surface area (Å²) >= 11 is 0. The third-order valence-corrected chi connectivity index (χ3v) is 4.04. The summed E-state index contributed by atoms with van der Waals surface area (Å²) in [4.78, 5) is 29.7. The van der Waals surface area contributed by atoms with Gasteiger partial charge in [0.05, 0.1) is 18.5 Å². The third kappa shape index (κ3) is 3.53. The summed E-state index contributed by atoms with van der Waals surface area (Å²) in [5.41, 5.74) is 1.41. The lowest BCUT2D eigenvalue weighted by atomic mass is 10.2. The fourth-order valence-corrected chi connectivity index (χ4v) is 2.75. The third-order valence-electron chi connectivity index (χ3n) is 4.04. The molecule has 0 amide bonds. The average Bonchev–Trinajstić information content (AvgIpc) is 2.64. The summed E-state index contributed by atoms with van der Waals surface area (Å²) in [6.45, 7) is 3.33. The van der Waals surface area contributed by atoms with E-state index >= 15 is 0 Å². The molecule has 1 aromatic carbocycles. The highest BCUT2D eigenvalue weighted by molar-refractivity contribution is 5.74. The van der Waals surface area contributed by atoms with E-state index in [0.29, 0.717) is 24.2 Å². The Kier molecular flexibility index (Phi) is 5.09. The summed E-state index contributed by atoms with van der Waals surface area (Å²) in [5, 5.41) is 0.427. The maximum absolute atomic E-state index is 12.9. The molecule has 0 radical (unpaired) electrons. The van der Waals surface area contributed by atoms with E-state index < -0.39 is 0 Å². The first-order valence-corrected chi connectivity index (χ1v) is 8.32. The van der Waals surface area contributed by atoms with Crippen LogP contribution in [0.1, 0.15) is 24.5 Å². The van der Waals surface area contributed by atoms with Gasteiger partial charge in [0.25, 0.3) is 5.56 Å². The van der Waals surface area contributed by atoms with Crippen LogP contribution in [0.5, 0.6) is 0 Å². The number of nitrogens with zero attached hydrogens (tertiary/aromatic N) is 3. The van der Waals surface area contributed by atoms with Gasteiger partial charge in [-0.3, -0.25) is 13.9 Å². The van der Waals surface area contributed by atoms with Gasteiger partial charge in [-0.1, -0.05) is 37.3 Å². The number of benzene rings is 1. The molecule has 2 aromatic heterocycles. The molecule has 6 nitrogen and oxygen atoms in total. The van der Waals surface area contributed by atoms with Crippen LogP contribution in [0.25, 0.3) is 11.0 Å². The molecule has 0 bridgehead atoms. The zero-order chi connectivity index (χ0) is 17.8. The zero-order valence-electron chi connectivity index (χ0n) is 14.4. The topological polar surface area (TPSA) is 66.1 Å². The Labute approximate surface area is 145 Å². The number of rotatable bonds is 6. The molecular weight excluding hydrogens is 318 g/mol. The van der Waals surface area contributed by atoms with Gasteiger partial charge in [0.15, 0.2) is 0 Å². The first-order valence-electron chi connectivity index (χ1n) is 8.32. The van der Waals surface area contributed by atoms with Gasteiger partial charge in [-0.15, -0.1) is 0 Å². The summed E-state index contributed by atoms with van der Waals surface area (Å²) < 4.78 is 8.18. The van der Waals surface area contributed by atoms with Crippen molar-refractivity contribution in [3.63, 3.8) is 0 Å². The summed E-state index contributed by atoms with van der Waals surface area (Å²) in [6.07, 6.45) is 2.58. The summed E-state index contributed by atoms with van der Waals surface area (Å²) in [7, 11) is 1.63. The van der Waals surface area contributed by atoms with Crippen LogP contribution in [0.4, 0.5) is 0 Å². The number of ether oxygens (including phenoxy) is 1. The van der Waals surface area contributed by atoms with E-state index in [1.54, 1.807) is 19.3 Å². The molecule has 0 aliphatic carbocycles. The number of hydrogen-bond donors (Lipinski definition) is 0. The smallest absolute Gasteiger partial charge is 0.332 e. The van der Waals surface area contributed by atoms with Gasteiger partial charge in [0.2, 0.25) is 0 Å². The second-order valence-corrected chi connectivity index (χ2v) is 5.99. The average molecular weight is 339 g/mol. The highest BCUT2D eigenvalue weighted by atomic mass is 16.5. The van der Waals surface area contributed by atoms with Gasteiger partial charge >= 0.3 is 5.69 Å². The lowest BCUT2D eigenvalue weighted by molar-refractivity contribution is 0.121. The maximum atomic E-state index is 12.9. The molecule has 130 valence electrons. The van der Waals surface area contributed by atoms with Gasteiger partial charge in [0, 0.05) is 19.9 Å². The van der Waals surface area contributed by atoms with Crippen LogP contribution in [0, 0.1) is 0 Å². The van der Waals surface area contributed by atoms with E-state index in [1.165, 1.54) is 9.13 Å². The molecule has 0 aliphatic rings. The molecule has 2 heterocycles. The standard InChI is InChI=1S/C19H21N3O3/c1-3-9-25-13-15-10-16-17(20-11-15)21(2)19(24)22(18(16)23)12-14-7-5-4-6-8-14/h4-8,10-11H,3,9,12-13H2,1-2H3. The normalized spacial score (nSPS) is 11.1. The van der Waals surface area contributed by atoms with Crippen molar-refractivity contribution < 1.29 is 4.74 Å². The Morgan fingerprint density at radius 3 is 2.60 bits per heavy atom. The molecule has 3 rings (SSSR count). The van der Waals surface area contributed by atoms with Crippen LogP contribution in [0.3, 0.4) is 0 Å². The van der Waals surface area contributed by atoms with Crippen molar-refractivity contribution in [1.82, 2.24) is 14.1 Å². The van der Waals surface area contributed by atoms with Crippen LogP contribution in [0.2, 0.25) is 0 Å². The fraction of sp³-hybridized carbons (Fsp3) is 0.316. The van der Waals surface area contributed by atoms with E-state index in [1.807, 2.05) is 37.3 Å². The molecule has 3 aromatic rings. The second-order valence-electron chi connectivity index (χ2n) is 5.99. The molecule has 25 heavy (non-hydrogen) atoms. The molecule has 0 unspecified atom stereocenters. The maximum Gasteiger partial charge on any atom is 0.332 e. The van der Waals surface area contributed by atoms with Crippen LogP contribution in [-0.4, -0.2) is 20.7 Å². The first kappa shape index (κ1) is 17.1. The van der Waals surface area contributed by atoms with Crippen LogP contribution >= 0.6 is 0 Å². The molecule has 0 fully saturated rings. The Morgan fingerprint density at radius 2 is 1.88 bits per heavy atom. The van der Waals surface area contributed by atoms with Crippen molar-refractivity contribution >= 4 is 11.0 Å². The van der Waals surface area contributed by atoms with Crippen molar-refractivity contribution in [3.8, 4) is 0 Å². The van der Waals surface area contributed by atoms with Crippen molar-refractivity contribution in [2.75, 3.05) is 6.61 Å². The molecule has 0 saturated heterocycles. The Bertz CT molecular complexity index is 990. The van der Waals surface area contributed by atoms with Crippen LogP contribution < -0.4 is 11.2 Å². The van der Waals surface area contributed by atoms with Gasteiger partial charge < -0.3 is 4.74 Å². The minimum Gasteiger partial charge on any atom is -0.377 e. The van der Waals surface area contributed by atoms with Crippen LogP contribution in [0.15, 0.2) is 52.2 Å². The zero-order valence-corrected chi connectivity index (χ0v) is 14.4. The molecular formula is C19H21N3O3.